The number of nitrogens with one attached hydrogen (secondary N) is 1. The molecule has 0 spiro atoms. The van der Waals surface area contributed by atoms with Crippen molar-refractivity contribution in [2.24, 2.45) is 0 Å². The Morgan fingerprint density at radius 3 is 2.64 bits per heavy atom. The van der Waals surface area contributed by atoms with Crippen LogP contribution in [0.5, 0.6) is 0 Å². The molecule has 4 heterocycles. The Hall–Kier alpha value is -1.29. The lowest BCUT2D eigenvalue weighted by molar-refractivity contribution is -0.0422. The van der Waals surface area contributed by atoms with Crippen molar-refractivity contribution in [2.45, 2.75) is 31.3 Å². The molecule has 0 saturated carbocycles. The number of anilines is 1. The maximum absolute atomic E-state index is 11.9. The maximum Gasteiger partial charge on any atom is 0.490 e. The number of hydrogen-bond acceptors (Lipinski definition) is 12. The van der Waals surface area contributed by atoms with E-state index in [1.165, 1.54) is 6.33 Å². The molecule has 2 aromatic heterocycles. The van der Waals surface area contributed by atoms with Crippen LogP contribution in [0.25, 0.3) is 11.0 Å². The third kappa shape index (κ3) is 5.86. The molecule has 0 amide bonds. The smallest absolute Gasteiger partial charge is 0.390 e. The van der Waals surface area contributed by atoms with Crippen molar-refractivity contribution in [3.8, 4) is 0 Å². The Balaban J connectivity index is 1.44. The van der Waals surface area contributed by atoms with E-state index in [1.54, 1.807) is 10.8 Å². The van der Waals surface area contributed by atoms with Crippen molar-refractivity contribution in [3.05, 3.63) is 18.1 Å². The van der Waals surface area contributed by atoms with Crippen molar-refractivity contribution >= 4 is 40.3 Å². The van der Waals surface area contributed by atoms with Crippen molar-refractivity contribution < 1.29 is 61.1 Å². The quantitative estimate of drug-likeness (QED) is 0.251. The second-order valence-corrected chi connectivity index (χ2v) is 11.4. The number of rotatable bonds is 8. The Morgan fingerprint density at radius 1 is 1.15 bits per heavy atom. The van der Waals surface area contributed by atoms with Crippen LogP contribution in [0.2, 0.25) is 0 Å². The molecule has 4 rings (SSSR count). The Morgan fingerprint density at radius 2 is 1.91 bits per heavy atom. The average molecular weight is 532 g/mol. The summed E-state index contributed by atoms with van der Waals surface area (Å²) >= 11 is 0. The van der Waals surface area contributed by atoms with E-state index in [1.807, 2.05) is 0 Å². The maximum atomic E-state index is 11.9. The molecule has 6 N–H and O–H groups in total. The molecule has 0 aromatic carbocycles. The third-order valence-electron chi connectivity index (χ3n) is 4.66. The molecule has 33 heavy (non-hydrogen) atoms. The molecule has 20 heteroatoms. The van der Waals surface area contributed by atoms with Crippen LogP contribution in [-0.2, 0) is 42.8 Å². The van der Waals surface area contributed by atoms with Crippen LogP contribution in [-0.4, -0.2) is 64.6 Å². The molecule has 2 aromatic rings. The summed E-state index contributed by atoms with van der Waals surface area (Å²) < 4.78 is 53.2. The van der Waals surface area contributed by atoms with E-state index in [-0.39, 0.29) is 6.42 Å². The molecule has 184 valence electrons. The zero-order valence-corrected chi connectivity index (χ0v) is 19.1. The zero-order chi connectivity index (χ0) is 24.0. The minimum atomic E-state index is -5.64. The molecule has 0 bridgehead atoms. The first kappa shape index (κ1) is 24.8. The van der Waals surface area contributed by atoms with E-state index in [0.29, 0.717) is 29.9 Å². The fourth-order valence-corrected chi connectivity index (χ4v) is 6.46. The van der Waals surface area contributed by atoms with Crippen LogP contribution < -0.4 is 5.48 Å². The van der Waals surface area contributed by atoms with Gasteiger partial charge in [0.1, 0.15) is 24.3 Å². The molecular weight excluding hydrogens is 513 g/mol. The van der Waals surface area contributed by atoms with Gasteiger partial charge in [-0.3, -0.25) is 9.36 Å². The van der Waals surface area contributed by atoms with Crippen molar-refractivity contribution in [2.75, 3.05) is 18.7 Å². The van der Waals surface area contributed by atoms with Crippen LogP contribution >= 0.6 is 23.5 Å². The fraction of sp³-hybridized carbons (Fsp3) is 0.538. The van der Waals surface area contributed by atoms with Gasteiger partial charge in [0, 0.05) is 19.0 Å². The molecule has 2 aliphatic heterocycles. The van der Waals surface area contributed by atoms with Gasteiger partial charge in [0.2, 0.25) is 0 Å². The van der Waals surface area contributed by atoms with Crippen LogP contribution in [0.3, 0.4) is 0 Å². The van der Waals surface area contributed by atoms with Gasteiger partial charge in [-0.25, -0.2) is 29.1 Å². The minimum Gasteiger partial charge on any atom is -0.390 e. The number of ether oxygens (including phenoxy) is 1. The standard InChI is InChI=1S/C13H19N4O13P3/c18-8-3-10(17-4-7-1-2-26-16-12-11(7)13(17)15-6-14-12)28-9(8)5-27-32(22,23)30-33(24,25)29-31(19,20)21/h4,6,8-10,18H,1-3,5H2,(H,22,23)(H,24,25)(H,14,15,16)(H2,19,20,21)/t8-,9+,10+/m0/s1. The predicted molar refractivity (Wildman–Crippen MR) is 105 cm³/mol. The summed E-state index contributed by atoms with van der Waals surface area (Å²) in [5.74, 6) is 0.467. The third-order valence-corrected chi connectivity index (χ3v) is 8.47. The number of aliphatic hydroxyl groups excluding tert-OH is 1. The summed E-state index contributed by atoms with van der Waals surface area (Å²) in [6, 6.07) is 0. The molecule has 0 radical (unpaired) electrons. The molecular formula is C13H19N4O13P3. The highest BCUT2D eigenvalue weighted by atomic mass is 31.3. The van der Waals surface area contributed by atoms with E-state index in [0.717, 1.165) is 5.56 Å². The monoisotopic (exact) mass is 532 g/mol. The average Bonchev–Trinajstić information content (AvgIpc) is 3.14. The van der Waals surface area contributed by atoms with E-state index in [4.69, 9.17) is 19.4 Å². The molecule has 2 aliphatic rings. The van der Waals surface area contributed by atoms with E-state index in [9.17, 15) is 28.6 Å². The van der Waals surface area contributed by atoms with Crippen LogP contribution in [0.15, 0.2) is 12.5 Å². The molecule has 17 nitrogen and oxygen atoms in total. The summed E-state index contributed by atoms with van der Waals surface area (Å²) in [6.07, 6.45) is 0.627. The van der Waals surface area contributed by atoms with Crippen molar-refractivity contribution in [3.63, 3.8) is 0 Å². The predicted octanol–water partition coefficient (Wildman–Crippen LogP) is 0.323. The summed E-state index contributed by atoms with van der Waals surface area (Å²) in [6.45, 7) is -0.380. The van der Waals surface area contributed by atoms with Gasteiger partial charge in [-0.15, -0.1) is 0 Å². The Labute approximate surface area is 184 Å². The lowest BCUT2D eigenvalue weighted by Gasteiger charge is -2.19. The zero-order valence-electron chi connectivity index (χ0n) is 16.4. The van der Waals surface area contributed by atoms with Gasteiger partial charge in [-0.1, -0.05) is 0 Å². The highest BCUT2D eigenvalue weighted by Gasteiger charge is 2.43. The van der Waals surface area contributed by atoms with E-state index in [2.05, 4.69) is 28.6 Å². The minimum absolute atomic E-state index is 0.0525. The highest BCUT2D eigenvalue weighted by Crippen LogP contribution is 2.66. The van der Waals surface area contributed by atoms with Gasteiger partial charge in [0.25, 0.3) is 0 Å². The van der Waals surface area contributed by atoms with Crippen LogP contribution in [0.4, 0.5) is 5.82 Å². The molecule has 0 aliphatic carbocycles. The number of aliphatic hydroxyl groups is 1. The lowest BCUT2D eigenvalue weighted by Crippen LogP contribution is -2.26. The molecule has 1 saturated heterocycles. The number of aromatic nitrogens is 3. The van der Waals surface area contributed by atoms with Crippen molar-refractivity contribution in [1.29, 1.82) is 0 Å². The van der Waals surface area contributed by atoms with Gasteiger partial charge in [-0.2, -0.15) is 8.62 Å². The first-order chi connectivity index (χ1) is 15.3. The topological polar surface area (TPSA) is 241 Å². The van der Waals surface area contributed by atoms with Gasteiger partial charge in [0.15, 0.2) is 5.82 Å². The summed E-state index contributed by atoms with van der Waals surface area (Å²) in [5, 5.41) is 11.0. The molecule has 5 atom stereocenters. The Bertz CT molecular complexity index is 1180. The Kier molecular flexibility index (Phi) is 6.81. The highest BCUT2D eigenvalue weighted by molar-refractivity contribution is 7.66. The van der Waals surface area contributed by atoms with Gasteiger partial charge in [-0.05, 0) is 5.56 Å². The molecule has 2 unspecified atom stereocenters. The van der Waals surface area contributed by atoms with Crippen molar-refractivity contribution in [1.82, 2.24) is 14.5 Å². The van der Waals surface area contributed by atoms with Crippen LogP contribution in [0, 0.1) is 0 Å². The summed E-state index contributed by atoms with van der Waals surface area (Å²) in [5.41, 5.74) is 4.10. The lowest BCUT2D eigenvalue weighted by atomic mass is 10.2. The summed E-state index contributed by atoms with van der Waals surface area (Å²) in [4.78, 5) is 49.5. The second kappa shape index (κ2) is 9.06. The number of phosphoric acid groups is 3. The summed E-state index contributed by atoms with van der Waals surface area (Å²) in [7, 11) is -16.5. The SMILES string of the molecule is O=P(O)(O)OP(=O)(O)OP(=O)(O)OC[C@H]1O[C@@H](n2cc3c4c(ncnc42)NOCC3)C[C@@H]1O. The molecule has 1 fully saturated rings. The van der Waals surface area contributed by atoms with E-state index < -0.39 is 48.5 Å². The van der Waals surface area contributed by atoms with Gasteiger partial charge in [0.05, 0.1) is 24.7 Å². The number of hydrogen-bond donors (Lipinski definition) is 6. The van der Waals surface area contributed by atoms with Gasteiger partial charge >= 0.3 is 23.5 Å². The van der Waals surface area contributed by atoms with E-state index >= 15 is 0 Å². The largest absolute Gasteiger partial charge is 0.490 e. The van der Waals surface area contributed by atoms with Gasteiger partial charge < -0.3 is 34.0 Å². The number of nitrogens with zero attached hydrogens (tertiary/aromatic N) is 3. The normalized spacial score (nSPS) is 27.0. The van der Waals surface area contributed by atoms with Crippen LogP contribution in [0.1, 0.15) is 18.2 Å². The fourth-order valence-electron chi connectivity index (χ4n) is 3.43. The first-order valence-electron chi connectivity index (χ1n) is 9.18. The second-order valence-electron chi connectivity index (χ2n) is 7.00. The number of phosphoric ester groups is 1. The first-order valence-corrected chi connectivity index (χ1v) is 13.7.